The summed E-state index contributed by atoms with van der Waals surface area (Å²) in [6, 6.07) is 0. The van der Waals surface area contributed by atoms with Crippen molar-refractivity contribution in [3.8, 4) is 0 Å². The average Bonchev–Trinajstić information content (AvgIpc) is 1.89. The summed E-state index contributed by atoms with van der Waals surface area (Å²) in [5.41, 5.74) is -0.415. The highest BCUT2D eigenvalue weighted by atomic mass is 32.2. The van der Waals surface area contributed by atoms with Crippen LogP contribution in [0.2, 0.25) is 0 Å². The fraction of sp³-hybridized carbons (Fsp3) is 0.800. The average molecular weight is 148 g/mol. The molecule has 0 fully saturated rings. The van der Waals surface area contributed by atoms with Crippen LogP contribution in [-0.2, 0) is 8.98 Å². The van der Waals surface area contributed by atoms with Crippen molar-refractivity contribution in [1.29, 1.82) is 1.34 Å². The molecule has 4 heteroatoms. The molecule has 0 saturated carbocycles. The molecule has 0 N–H and O–H groups in total. The number of rotatable bonds is 5. The van der Waals surface area contributed by atoms with Crippen LogP contribution in [0, 0.1) is 5.41 Å². The Labute approximate surface area is 62.2 Å². The van der Waals surface area contributed by atoms with Gasteiger partial charge in [0.1, 0.15) is 6.29 Å². The summed E-state index contributed by atoms with van der Waals surface area (Å²) in [5, 5.41) is 0. The first-order valence-electron chi connectivity index (χ1n) is 3.33. The number of hydrogen-bond donors (Lipinski definition) is 0. The summed E-state index contributed by atoms with van der Waals surface area (Å²) >= 11 is 1.06. The van der Waals surface area contributed by atoms with Gasteiger partial charge in [0.25, 0.3) is 0 Å². The largest absolute Gasteiger partial charge is 0.327 e. The van der Waals surface area contributed by atoms with Crippen LogP contribution < -0.4 is 0 Å². The van der Waals surface area contributed by atoms with E-state index < -0.39 is 5.41 Å². The highest BCUT2D eigenvalue weighted by molar-refractivity contribution is 8.15. The smallest absolute Gasteiger partial charge is 0.210 e. The Kier molecular flexibility index (Phi) is 3.15. The van der Waals surface area contributed by atoms with E-state index in [1.54, 1.807) is 13.8 Å². The third-order valence-corrected chi connectivity index (χ3v) is 1.12. The van der Waals surface area contributed by atoms with Gasteiger partial charge in [-0.05, 0) is 1.34 Å². The lowest BCUT2D eigenvalue weighted by Gasteiger charge is -2.14. The second-order valence-electron chi connectivity index (χ2n) is 2.49. The second-order valence-corrected chi connectivity index (χ2v) is 2.96. The van der Waals surface area contributed by atoms with Gasteiger partial charge in [-0.15, -0.1) is 0 Å². The van der Waals surface area contributed by atoms with Crippen molar-refractivity contribution < 1.29 is 8.98 Å². The van der Waals surface area contributed by atoms with E-state index in [1.807, 2.05) is 0 Å². The zero-order chi connectivity index (χ0) is 8.04. The maximum Gasteiger partial charge on any atom is 0.210 e. The van der Waals surface area contributed by atoms with Gasteiger partial charge in [-0.2, -0.15) is 0 Å². The Balaban J connectivity index is 3.37. The van der Waals surface area contributed by atoms with E-state index in [0.717, 1.165) is 18.2 Å². The molecule has 0 aliphatic rings. The van der Waals surface area contributed by atoms with Crippen molar-refractivity contribution in [3.63, 3.8) is 0 Å². The molecule has 0 unspecified atom stereocenters. The quantitative estimate of drug-likeness (QED) is 0.244. The molecule has 0 aromatic rings. The second kappa shape index (κ2) is 3.96. The third kappa shape index (κ3) is 4.54. The molecule has 0 aromatic carbocycles. The fourth-order valence-electron chi connectivity index (χ4n) is 0.228. The van der Waals surface area contributed by atoms with Gasteiger partial charge >= 0.3 is 0 Å². The lowest BCUT2D eigenvalue weighted by Crippen LogP contribution is -2.18. The fourth-order valence-corrected chi connectivity index (χ4v) is 0.615. The number of aldehydes is 1. The van der Waals surface area contributed by atoms with Gasteiger partial charge in [0.15, 0.2) is 0 Å². The van der Waals surface area contributed by atoms with Crippen molar-refractivity contribution in [2.24, 2.45) is 5.41 Å². The predicted molar refractivity (Wildman–Crippen MR) is 41.9 cm³/mol. The topological polar surface area (TPSA) is 26.3 Å². The van der Waals surface area contributed by atoms with E-state index in [9.17, 15) is 4.79 Å². The maximum atomic E-state index is 10.3. The maximum absolute atomic E-state index is 10.3. The zero-order valence-corrected chi connectivity index (χ0v) is 6.53. The van der Waals surface area contributed by atoms with Crippen molar-refractivity contribution >= 4 is 25.3 Å². The van der Waals surface area contributed by atoms with Gasteiger partial charge in [-0.3, -0.25) is 0 Å². The van der Waals surface area contributed by atoms with Gasteiger partial charge in [0.05, 0.1) is 6.61 Å². The van der Waals surface area contributed by atoms with Gasteiger partial charge in [0, 0.05) is 5.41 Å². The van der Waals surface area contributed by atoms with E-state index >= 15 is 0 Å². The first-order valence-corrected chi connectivity index (χ1v) is 3.53. The molecule has 0 saturated heterocycles. The Morgan fingerprint density at radius 3 is 3.11 bits per heavy atom. The number of hydrogen-bond acceptors (Lipinski definition) is 3. The van der Waals surface area contributed by atoms with Crippen LogP contribution in [0.15, 0.2) is 0 Å². The molecule has 2 nitrogen and oxygen atoms in total. The molecular formula is C5H11BO2S. The van der Waals surface area contributed by atoms with Crippen LogP contribution in [0.4, 0.5) is 0 Å². The Bertz CT molecular complexity index is 110. The van der Waals surface area contributed by atoms with Gasteiger partial charge in [-0.25, -0.2) is 0 Å². The van der Waals surface area contributed by atoms with E-state index in [2.05, 4.69) is 0 Å². The molecule has 9 heavy (non-hydrogen) atoms. The highest BCUT2D eigenvalue weighted by Gasteiger charge is 2.15. The van der Waals surface area contributed by atoms with Crippen molar-refractivity contribution in [1.82, 2.24) is 0 Å². The van der Waals surface area contributed by atoms with E-state index in [-0.39, 0.29) is 7.09 Å². The van der Waals surface area contributed by atoms with Crippen LogP contribution in [0.25, 0.3) is 0 Å². The molecule has 0 bridgehead atoms. The minimum atomic E-state index is -0.415. The summed E-state index contributed by atoms with van der Waals surface area (Å²) in [4.78, 5) is 10.3. The summed E-state index contributed by atoms with van der Waals surface area (Å²) in [5.74, 6) is 0. The van der Waals surface area contributed by atoms with E-state index in [1.165, 1.54) is 0 Å². The summed E-state index contributed by atoms with van der Waals surface area (Å²) < 4.78 is 11.7. The Morgan fingerprint density at radius 1 is 2.00 bits per heavy atom. The molecule has 0 amide bonds. The minimum Gasteiger partial charge on any atom is -0.327 e. The monoisotopic (exact) mass is 148 g/mol. The summed E-state index contributed by atoms with van der Waals surface area (Å²) in [6.45, 7) is 3.97. The molecule has 0 aliphatic carbocycles. The number of carbonyl (C=O) groups is 1. The Hall–Kier alpha value is 0.0449. The number of carbonyl (C=O) groups excluding carboxylic acids is 1. The molecule has 0 rings (SSSR count). The first kappa shape index (κ1) is 7.16. The SMILES string of the molecule is [3H]BSOCC(C)(C)C=O. The van der Waals surface area contributed by atoms with Crippen molar-refractivity contribution in [2.75, 3.05) is 6.61 Å². The van der Waals surface area contributed by atoms with Crippen LogP contribution in [-0.4, -0.2) is 21.3 Å². The molecule has 0 aromatic heterocycles. The minimum absolute atomic E-state index is 0.176. The lowest BCUT2D eigenvalue weighted by atomic mass is 9.98. The third-order valence-electron chi connectivity index (χ3n) is 0.833. The van der Waals surface area contributed by atoms with Crippen LogP contribution in [0.3, 0.4) is 0 Å². The Morgan fingerprint density at radius 2 is 2.67 bits per heavy atom. The highest BCUT2D eigenvalue weighted by Crippen LogP contribution is 2.13. The molecule has 0 spiro atoms. The van der Waals surface area contributed by atoms with Gasteiger partial charge in [0.2, 0.25) is 7.09 Å². The molecular weight excluding hydrogens is 135 g/mol. The molecule has 0 atom stereocenters. The van der Waals surface area contributed by atoms with Crippen molar-refractivity contribution in [3.05, 3.63) is 0 Å². The first-order chi connectivity index (χ1) is 4.62. The molecule has 0 aliphatic heterocycles. The zero-order valence-electron chi connectivity index (χ0n) is 6.72. The van der Waals surface area contributed by atoms with E-state index in [4.69, 9.17) is 5.52 Å². The normalized spacial score (nSPS) is 12.4. The lowest BCUT2D eigenvalue weighted by molar-refractivity contribution is -0.115. The summed E-state index contributed by atoms with van der Waals surface area (Å²) in [6.07, 6.45) is 0.859. The van der Waals surface area contributed by atoms with Crippen LogP contribution in [0.1, 0.15) is 13.8 Å². The molecule has 0 radical (unpaired) electrons. The summed E-state index contributed by atoms with van der Waals surface area (Å²) in [7, 11) is 0.176. The van der Waals surface area contributed by atoms with Crippen LogP contribution in [0.5, 0.6) is 0 Å². The predicted octanol–water partition coefficient (Wildman–Crippen LogP) is 0.424. The molecule has 0 heterocycles. The molecule has 52 valence electrons. The van der Waals surface area contributed by atoms with Gasteiger partial charge in [-0.1, -0.05) is 25.7 Å². The standard InChI is InChI=1S/C5H11BO2S/c1-5(2,3-7)4-8-9-6/h3H,4,6H2,1-2H3/i6T. The van der Waals surface area contributed by atoms with Crippen molar-refractivity contribution in [2.45, 2.75) is 13.8 Å². The van der Waals surface area contributed by atoms with Crippen LogP contribution >= 0.6 is 11.9 Å². The van der Waals surface area contributed by atoms with Gasteiger partial charge < -0.3 is 8.98 Å². The van der Waals surface area contributed by atoms with E-state index in [0.29, 0.717) is 6.61 Å².